The molecule has 0 unspecified atom stereocenters. The second-order valence-electron chi connectivity index (χ2n) is 5.33. The predicted octanol–water partition coefficient (Wildman–Crippen LogP) is 2.59. The molecule has 0 aliphatic heterocycles. The fraction of sp³-hybridized carbons (Fsp3) is 0.533. The van der Waals surface area contributed by atoms with Crippen LogP contribution in [0.15, 0.2) is 18.2 Å². The zero-order valence-electron chi connectivity index (χ0n) is 11.6. The smallest absolute Gasteiger partial charge is 0.254 e. The van der Waals surface area contributed by atoms with Crippen LogP contribution in [-0.4, -0.2) is 19.1 Å². The largest absolute Gasteiger partial charge is 0.490 e. The average Bonchev–Trinajstić information content (AvgIpc) is 2.41. The molecule has 1 saturated carbocycles. The zero-order valence-corrected chi connectivity index (χ0v) is 11.6. The maximum Gasteiger partial charge on any atom is 0.254 e. The third kappa shape index (κ3) is 3.40. The minimum atomic E-state index is -0.140. The molecule has 0 saturated heterocycles. The van der Waals surface area contributed by atoms with Crippen LogP contribution in [0.25, 0.3) is 0 Å². The van der Waals surface area contributed by atoms with Gasteiger partial charge in [-0.3, -0.25) is 4.79 Å². The van der Waals surface area contributed by atoms with Crippen molar-refractivity contribution in [2.24, 2.45) is 5.92 Å². The van der Waals surface area contributed by atoms with E-state index in [1.54, 1.807) is 25.2 Å². The van der Waals surface area contributed by atoms with E-state index in [9.17, 15) is 4.79 Å². The van der Waals surface area contributed by atoms with Gasteiger partial charge in [-0.1, -0.05) is 6.92 Å². The van der Waals surface area contributed by atoms with Crippen LogP contribution in [0.2, 0.25) is 0 Å². The second kappa shape index (κ2) is 5.95. The first-order chi connectivity index (χ1) is 9.10. The fourth-order valence-corrected chi connectivity index (χ4v) is 2.49. The quantitative estimate of drug-likeness (QED) is 0.823. The van der Waals surface area contributed by atoms with E-state index in [-0.39, 0.29) is 12.0 Å². The van der Waals surface area contributed by atoms with Crippen molar-refractivity contribution >= 4 is 11.6 Å². The summed E-state index contributed by atoms with van der Waals surface area (Å²) in [6.45, 7) is 2.27. The molecule has 19 heavy (non-hydrogen) atoms. The van der Waals surface area contributed by atoms with Gasteiger partial charge in [0.2, 0.25) is 0 Å². The number of carbonyl (C=O) groups excluding carboxylic acids is 1. The highest BCUT2D eigenvalue weighted by Crippen LogP contribution is 2.29. The highest BCUT2D eigenvalue weighted by atomic mass is 16.5. The second-order valence-corrected chi connectivity index (χ2v) is 5.33. The number of amides is 1. The molecule has 0 aromatic heterocycles. The Morgan fingerprint density at radius 1 is 1.32 bits per heavy atom. The van der Waals surface area contributed by atoms with Gasteiger partial charge in [0, 0.05) is 18.8 Å². The van der Waals surface area contributed by atoms with E-state index in [0.29, 0.717) is 17.0 Å². The molecular weight excluding hydrogens is 240 g/mol. The van der Waals surface area contributed by atoms with Gasteiger partial charge in [0.1, 0.15) is 5.75 Å². The van der Waals surface area contributed by atoms with Gasteiger partial charge in [-0.2, -0.15) is 0 Å². The van der Waals surface area contributed by atoms with Crippen molar-refractivity contribution in [3.63, 3.8) is 0 Å². The Kier molecular flexibility index (Phi) is 4.30. The summed E-state index contributed by atoms with van der Waals surface area (Å²) in [6.07, 6.45) is 4.65. The number of benzene rings is 1. The standard InChI is InChI=1S/C15H22N2O2/c1-10-3-6-12(7-4-10)19-14-9-11(16)5-8-13(14)15(18)17-2/h5,8-10,12H,3-4,6-7,16H2,1-2H3,(H,17,18). The Balaban J connectivity index is 2.14. The number of rotatable bonds is 3. The van der Waals surface area contributed by atoms with Crippen LogP contribution in [0, 0.1) is 5.92 Å². The Hall–Kier alpha value is -1.71. The number of ether oxygens (including phenoxy) is 1. The van der Waals surface area contributed by atoms with Crippen LogP contribution in [0.4, 0.5) is 5.69 Å². The third-order valence-corrected chi connectivity index (χ3v) is 3.73. The molecule has 4 nitrogen and oxygen atoms in total. The first-order valence-electron chi connectivity index (χ1n) is 6.88. The molecule has 0 spiro atoms. The molecule has 1 amide bonds. The van der Waals surface area contributed by atoms with Crippen LogP contribution in [0.5, 0.6) is 5.75 Å². The molecule has 1 aliphatic carbocycles. The number of nitrogens with two attached hydrogens (primary N) is 1. The van der Waals surface area contributed by atoms with Gasteiger partial charge in [-0.05, 0) is 43.7 Å². The van der Waals surface area contributed by atoms with Crippen molar-refractivity contribution in [1.29, 1.82) is 0 Å². The van der Waals surface area contributed by atoms with Crippen molar-refractivity contribution in [2.75, 3.05) is 12.8 Å². The van der Waals surface area contributed by atoms with Crippen LogP contribution in [0.1, 0.15) is 43.0 Å². The lowest BCUT2D eigenvalue weighted by Gasteiger charge is -2.27. The Labute approximate surface area is 114 Å². The number of anilines is 1. The molecule has 0 atom stereocenters. The number of hydrogen-bond acceptors (Lipinski definition) is 3. The van der Waals surface area contributed by atoms with Crippen molar-refractivity contribution in [3.05, 3.63) is 23.8 Å². The highest BCUT2D eigenvalue weighted by molar-refractivity contribution is 5.97. The van der Waals surface area contributed by atoms with Gasteiger partial charge in [0.25, 0.3) is 5.91 Å². The third-order valence-electron chi connectivity index (χ3n) is 3.73. The van der Waals surface area contributed by atoms with E-state index in [1.807, 2.05) is 0 Å². The molecular formula is C15H22N2O2. The predicted molar refractivity (Wildman–Crippen MR) is 76.3 cm³/mol. The molecule has 0 radical (unpaired) electrons. The molecule has 1 aromatic carbocycles. The van der Waals surface area contributed by atoms with E-state index < -0.39 is 0 Å². The molecule has 0 heterocycles. The van der Waals surface area contributed by atoms with E-state index in [0.717, 1.165) is 18.8 Å². The normalized spacial score (nSPS) is 22.8. The molecule has 1 fully saturated rings. The number of carbonyl (C=O) groups is 1. The minimum Gasteiger partial charge on any atom is -0.490 e. The van der Waals surface area contributed by atoms with Crippen molar-refractivity contribution < 1.29 is 9.53 Å². The van der Waals surface area contributed by atoms with Crippen molar-refractivity contribution in [2.45, 2.75) is 38.7 Å². The summed E-state index contributed by atoms with van der Waals surface area (Å²) in [5.41, 5.74) is 6.95. The number of hydrogen-bond donors (Lipinski definition) is 2. The fourth-order valence-electron chi connectivity index (χ4n) is 2.49. The summed E-state index contributed by atoms with van der Waals surface area (Å²) < 4.78 is 6.00. The van der Waals surface area contributed by atoms with Gasteiger partial charge in [-0.25, -0.2) is 0 Å². The van der Waals surface area contributed by atoms with Gasteiger partial charge in [-0.15, -0.1) is 0 Å². The molecule has 1 aromatic rings. The number of nitrogen functional groups attached to an aromatic ring is 1. The Morgan fingerprint density at radius 2 is 2.00 bits per heavy atom. The highest BCUT2D eigenvalue weighted by Gasteiger charge is 2.21. The van der Waals surface area contributed by atoms with E-state index in [1.165, 1.54) is 12.8 Å². The SMILES string of the molecule is CNC(=O)c1ccc(N)cc1OC1CCC(C)CC1. The summed E-state index contributed by atoms with van der Waals surface area (Å²) in [6, 6.07) is 5.18. The van der Waals surface area contributed by atoms with Crippen LogP contribution in [0.3, 0.4) is 0 Å². The maximum absolute atomic E-state index is 11.8. The first-order valence-corrected chi connectivity index (χ1v) is 6.88. The van der Waals surface area contributed by atoms with E-state index in [2.05, 4.69) is 12.2 Å². The monoisotopic (exact) mass is 262 g/mol. The lowest BCUT2D eigenvalue weighted by molar-refractivity contribution is 0.0947. The zero-order chi connectivity index (χ0) is 13.8. The summed E-state index contributed by atoms with van der Waals surface area (Å²) in [5.74, 6) is 1.23. The molecule has 2 rings (SSSR count). The van der Waals surface area contributed by atoms with Crippen LogP contribution in [-0.2, 0) is 0 Å². The maximum atomic E-state index is 11.8. The Morgan fingerprint density at radius 3 is 2.63 bits per heavy atom. The first kappa shape index (κ1) is 13.7. The van der Waals surface area contributed by atoms with Crippen LogP contribution < -0.4 is 15.8 Å². The molecule has 3 N–H and O–H groups in total. The summed E-state index contributed by atoms with van der Waals surface area (Å²) in [5, 5.41) is 2.63. The summed E-state index contributed by atoms with van der Waals surface area (Å²) >= 11 is 0. The summed E-state index contributed by atoms with van der Waals surface area (Å²) in [7, 11) is 1.62. The molecule has 104 valence electrons. The Bertz CT molecular complexity index is 451. The van der Waals surface area contributed by atoms with Crippen molar-refractivity contribution in [3.8, 4) is 5.75 Å². The minimum absolute atomic E-state index is 0.140. The van der Waals surface area contributed by atoms with Gasteiger partial charge >= 0.3 is 0 Å². The van der Waals surface area contributed by atoms with Crippen molar-refractivity contribution in [1.82, 2.24) is 5.32 Å². The topological polar surface area (TPSA) is 64.4 Å². The van der Waals surface area contributed by atoms with Crippen LogP contribution >= 0.6 is 0 Å². The number of nitrogens with one attached hydrogen (secondary N) is 1. The lowest BCUT2D eigenvalue weighted by Crippen LogP contribution is -2.25. The van der Waals surface area contributed by atoms with Gasteiger partial charge in [0.15, 0.2) is 0 Å². The average molecular weight is 262 g/mol. The van der Waals surface area contributed by atoms with E-state index >= 15 is 0 Å². The molecule has 4 heteroatoms. The van der Waals surface area contributed by atoms with Gasteiger partial charge < -0.3 is 15.8 Å². The van der Waals surface area contributed by atoms with E-state index in [4.69, 9.17) is 10.5 Å². The molecule has 1 aliphatic rings. The summed E-state index contributed by atoms with van der Waals surface area (Å²) in [4.78, 5) is 11.8. The van der Waals surface area contributed by atoms with Gasteiger partial charge in [0.05, 0.1) is 11.7 Å². The lowest BCUT2D eigenvalue weighted by atomic mass is 9.89. The molecule has 0 bridgehead atoms.